The Kier molecular flexibility index (Phi) is 4.66. The van der Waals surface area contributed by atoms with Gasteiger partial charge in [-0.05, 0) is 38.5 Å². The van der Waals surface area contributed by atoms with Crippen molar-refractivity contribution < 1.29 is 9.53 Å². The first-order valence-corrected chi connectivity index (χ1v) is 7.62. The van der Waals surface area contributed by atoms with Crippen LogP contribution in [-0.2, 0) is 4.74 Å². The van der Waals surface area contributed by atoms with Crippen LogP contribution in [0.2, 0.25) is 5.02 Å². The van der Waals surface area contributed by atoms with Gasteiger partial charge < -0.3 is 15.4 Å². The summed E-state index contributed by atoms with van der Waals surface area (Å²) in [5, 5.41) is 8.44. The van der Waals surface area contributed by atoms with Crippen molar-refractivity contribution in [3.05, 3.63) is 34.9 Å². The van der Waals surface area contributed by atoms with Crippen molar-refractivity contribution in [1.82, 2.24) is 4.90 Å². The van der Waals surface area contributed by atoms with E-state index in [2.05, 4.69) is 0 Å². The van der Waals surface area contributed by atoms with Crippen molar-refractivity contribution in [2.75, 3.05) is 13.1 Å². The fourth-order valence-corrected chi connectivity index (χ4v) is 2.87. The zero-order valence-corrected chi connectivity index (χ0v) is 13.9. The Balaban J connectivity index is 2.20. The monoisotopic (exact) mass is 323 g/mol. The van der Waals surface area contributed by atoms with Crippen molar-refractivity contribution in [2.24, 2.45) is 11.7 Å². The van der Waals surface area contributed by atoms with Gasteiger partial charge in [0.25, 0.3) is 0 Å². The first-order chi connectivity index (χ1) is 10.2. The van der Waals surface area contributed by atoms with Gasteiger partial charge in [0, 0.05) is 29.9 Å². The molecule has 0 aliphatic carbocycles. The number of likely N-dealkylation sites (tertiary alicyclic amines) is 1. The largest absolute Gasteiger partial charge is 0.444 e. The SMILES string of the molecule is CC(C)(C)OC(=O)N1CC(C(=N)N)C(c2cccc(Cl)c2)C1. The maximum atomic E-state index is 12.2. The van der Waals surface area contributed by atoms with Gasteiger partial charge in [0.05, 0.1) is 5.84 Å². The summed E-state index contributed by atoms with van der Waals surface area (Å²) in [4.78, 5) is 13.9. The first-order valence-electron chi connectivity index (χ1n) is 7.24. The molecule has 1 aliphatic rings. The highest BCUT2D eigenvalue weighted by molar-refractivity contribution is 6.30. The van der Waals surface area contributed by atoms with E-state index in [-0.39, 0.29) is 23.8 Å². The number of rotatable bonds is 2. The van der Waals surface area contributed by atoms with Gasteiger partial charge in [0.1, 0.15) is 5.60 Å². The molecule has 2 rings (SSSR count). The molecule has 1 fully saturated rings. The second-order valence-corrected chi connectivity index (χ2v) is 7.05. The molecule has 1 amide bonds. The summed E-state index contributed by atoms with van der Waals surface area (Å²) >= 11 is 6.05. The predicted octanol–water partition coefficient (Wildman–Crippen LogP) is 3.23. The van der Waals surface area contributed by atoms with Gasteiger partial charge in [-0.25, -0.2) is 4.79 Å². The van der Waals surface area contributed by atoms with E-state index in [1.54, 1.807) is 11.0 Å². The van der Waals surface area contributed by atoms with Crippen LogP contribution in [0.4, 0.5) is 4.79 Å². The molecule has 0 aromatic heterocycles. The number of ether oxygens (including phenoxy) is 1. The molecule has 1 saturated heterocycles. The summed E-state index contributed by atoms with van der Waals surface area (Å²) in [6, 6.07) is 7.48. The number of nitrogens with one attached hydrogen (secondary N) is 1. The van der Waals surface area contributed by atoms with Gasteiger partial charge in [-0.1, -0.05) is 23.7 Å². The number of amides is 1. The molecule has 0 bridgehead atoms. The second-order valence-electron chi connectivity index (χ2n) is 6.61. The van der Waals surface area contributed by atoms with Crippen LogP contribution in [0.15, 0.2) is 24.3 Å². The average molecular weight is 324 g/mol. The van der Waals surface area contributed by atoms with E-state index < -0.39 is 5.60 Å². The molecular weight excluding hydrogens is 302 g/mol. The fourth-order valence-electron chi connectivity index (χ4n) is 2.67. The lowest BCUT2D eigenvalue weighted by Crippen LogP contribution is -2.36. The highest BCUT2D eigenvalue weighted by Crippen LogP contribution is 2.34. The molecule has 0 spiro atoms. The molecule has 1 aromatic rings. The maximum Gasteiger partial charge on any atom is 0.410 e. The van der Waals surface area contributed by atoms with Crippen LogP contribution in [0.5, 0.6) is 0 Å². The molecule has 22 heavy (non-hydrogen) atoms. The molecule has 120 valence electrons. The lowest BCUT2D eigenvalue weighted by atomic mass is 9.88. The number of benzene rings is 1. The standard InChI is InChI=1S/C16H22ClN3O2/c1-16(2,3)22-15(21)20-8-12(13(9-20)14(18)19)10-5-4-6-11(17)7-10/h4-7,12-13H,8-9H2,1-3H3,(H3,18,19). The Morgan fingerprint density at radius 2 is 2.09 bits per heavy atom. The van der Waals surface area contributed by atoms with Gasteiger partial charge >= 0.3 is 6.09 Å². The minimum atomic E-state index is -0.545. The summed E-state index contributed by atoms with van der Waals surface area (Å²) < 4.78 is 5.41. The van der Waals surface area contributed by atoms with Crippen molar-refractivity contribution in [1.29, 1.82) is 5.41 Å². The molecule has 0 saturated carbocycles. The number of nitrogens with two attached hydrogens (primary N) is 1. The van der Waals surface area contributed by atoms with Gasteiger partial charge in [0.15, 0.2) is 0 Å². The fraction of sp³-hybridized carbons (Fsp3) is 0.500. The first kappa shape index (κ1) is 16.6. The van der Waals surface area contributed by atoms with Gasteiger partial charge in [-0.3, -0.25) is 5.41 Å². The molecule has 1 aromatic carbocycles. The van der Waals surface area contributed by atoms with E-state index in [0.29, 0.717) is 18.1 Å². The predicted molar refractivity (Wildman–Crippen MR) is 87.4 cm³/mol. The second kappa shape index (κ2) is 6.16. The molecule has 3 N–H and O–H groups in total. The van der Waals surface area contributed by atoms with Crippen LogP contribution >= 0.6 is 11.6 Å². The Hall–Kier alpha value is -1.75. The molecule has 1 heterocycles. The topological polar surface area (TPSA) is 79.4 Å². The normalized spacial score (nSPS) is 21.7. The van der Waals surface area contributed by atoms with Crippen molar-refractivity contribution in [3.63, 3.8) is 0 Å². The van der Waals surface area contributed by atoms with E-state index in [9.17, 15) is 4.79 Å². The van der Waals surface area contributed by atoms with Crippen molar-refractivity contribution in [3.8, 4) is 0 Å². The molecule has 2 unspecified atom stereocenters. The molecule has 0 radical (unpaired) electrons. The van der Waals surface area contributed by atoms with E-state index in [4.69, 9.17) is 27.5 Å². The summed E-state index contributed by atoms with van der Waals surface area (Å²) in [6.07, 6.45) is -0.372. The summed E-state index contributed by atoms with van der Waals surface area (Å²) in [7, 11) is 0. The number of carbonyl (C=O) groups is 1. The number of halogens is 1. The molecule has 6 heteroatoms. The van der Waals surface area contributed by atoms with Crippen LogP contribution < -0.4 is 5.73 Å². The summed E-state index contributed by atoms with van der Waals surface area (Å²) in [6.45, 7) is 6.36. The number of hydrogen-bond acceptors (Lipinski definition) is 3. The molecule has 1 aliphatic heterocycles. The van der Waals surface area contributed by atoms with Crippen LogP contribution in [0.3, 0.4) is 0 Å². The number of nitrogens with zero attached hydrogens (tertiary/aromatic N) is 1. The van der Waals surface area contributed by atoms with E-state index >= 15 is 0 Å². The minimum Gasteiger partial charge on any atom is -0.444 e. The highest BCUT2D eigenvalue weighted by Gasteiger charge is 2.39. The third-order valence-corrected chi connectivity index (χ3v) is 3.88. The summed E-state index contributed by atoms with van der Waals surface area (Å²) in [5.74, 6) is -0.175. The van der Waals surface area contributed by atoms with E-state index in [1.807, 2.05) is 39.0 Å². The number of carbonyl (C=O) groups excluding carboxylic acids is 1. The smallest absolute Gasteiger partial charge is 0.410 e. The number of amidine groups is 1. The van der Waals surface area contributed by atoms with E-state index in [1.165, 1.54) is 0 Å². The highest BCUT2D eigenvalue weighted by atomic mass is 35.5. The Morgan fingerprint density at radius 1 is 1.41 bits per heavy atom. The van der Waals surface area contributed by atoms with Gasteiger partial charge in [-0.2, -0.15) is 0 Å². The minimum absolute atomic E-state index is 0.0382. The van der Waals surface area contributed by atoms with Crippen LogP contribution in [0.25, 0.3) is 0 Å². The van der Waals surface area contributed by atoms with Crippen LogP contribution in [0.1, 0.15) is 32.3 Å². The Bertz CT molecular complexity index is 583. The van der Waals surface area contributed by atoms with Gasteiger partial charge in [-0.15, -0.1) is 0 Å². The lowest BCUT2D eigenvalue weighted by molar-refractivity contribution is 0.0290. The molecule has 5 nitrogen and oxygen atoms in total. The van der Waals surface area contributed by atoms with Crippen molar-refractivity contribution in [2.45, 2.75) is 32.3 Å². The maximum absolute atomic E-state index is 12.2. The van der Waals surface area contributed by atoms with Crippen molar-refractivity contribution >= 4 is 23.5 Å². The lowest BCUT2D eigenvalue weighted by Gasteiger charge is -2.24. The van der Waals surface area contributed by atoms with E-state index in [0.717, 1.165) is 5.56 Å². The Labute approximate surface area is 135 Å². The van der Waals surface area contributed by atoms with Crippen LogP contribution in [-0.4, -0.2) is 35.5 Å². The molecular formula is C16H22ClN3O2. The Morgan fingerprint density at radius 3 is 2.64 bits per heavy atom. The third kappa shape index (κ3) is 3.91. The van der Waals surface area contributed by atoms with Gasteiger partial charge in [0.2, 0.25) is 0 Å². The summed E-state index contributed by atoms with van der Waals surface area (Å²) in [5.41, 5.74) is 6.16. The molecule has 2 atom stereocenters. The quantitative estimate of drug-likeness (QED) is 0.647. The van der Waals surface area contributed by atoms with Crippen LogP contribution in [0, 0.1) is 11.3 Å². The zero-order valence-electron chi connectivity index (χ0n) is 13.1. The zero-order chi connectivity index (χ0) is 16.5. The third-order valence-electron chi connectivity index (χ3n) is 3.65. The number of hydrogen-bond donors (Lipinski definition) is 2. The average Bonchev–Trinajstić information content (AvgIpc) is 2.82.